The molecule has 7 nitrogen and oxygen atoms in total. The van der Waals surface area contributed by atoms with Crippen molar-refractivity contribution >= 4 is 23.0 Å². The van der Waals surface area contributed by atoms with E-state index in [2.05, 4.69) is 34.1 Å². The quantitative estimate of drug-likeness (QED) is 0.894. The number of carboxylic acids is 1. The van der Waals surface area contributed by atoms with E-state index >= 15 is 0 Å². The summed E-state index contributed by atoms with van der Waals surface area (Å²) >= 11 is 0. The van der Waals surface area contributed by atoms with Crippen LogP contribution in [0.5, 0.6) is 0 Å². The number of hydrogen-bond acceptors (Lipinski definition) is 5. The molecule has 0 radical (unpaired) electrons. The van der Waals surface area contributed by atoms with E-state index in [-0.39, 0.29) is 12.1 Å². The van der Waals surface area contributed by atoms with Crippen LogP contribution in [0, 0.1) is 10.8 Å². The standard InChI is InChI=1S/C17H25N5O2/c1-10(2)22-9-20-12-13(18-8-19-14(12)22)21-11-6-7-17(5,15(23)24)16(11,3)4/h8-11H,6-7H2,1-5H3,(H,23,24)(H,18,19,21)/t11-,17-/m0/s1. The first-order valence-corrected chi connectivity index (χ1v) is 8.36. The monoisotopic (exact) mass is 331 g/mol. The number of nitrogens with one attached hydrogen (secondary N) is 1. The van der Waals surface area contributed by atoms with E-state index in [1.54, 1.807) is 6.33 Å². The van der Waals surface area contributed by atoms with E-state index in [1.165, 1.54) is 6.33 Å². The second kappa shape index (κ2) is 5.43. The number of anilines is 1. The lowest BCUT2D eigenvalue weighted by Gasteiger charge is -2.38. The average Bonchev–Trinajstić information content (AvgIpc) is 3.03. The van der Waals surface area contributed by atoms with Crippen molar-refractivity contribution in [3.8, 4) is 0 Å². The Bertz CT molecular complexity index is 782. The molecule has 0 aromatic carbocycles. The fraction of sp³-hybridized carbons (Fsp3) is 0.647. The van der Waals surface area contributed by atoms with Crippen LogP contribution in [0.2, 0.25) is 0 Å². The molecule has 2 aromatic heterocycles. The third-order valence-electron chi connectivity index (χ3n) is 5.92. The van der Waals surface area contributed by atoms with Crippen LogP contribution in [0.4, 0.5) is 5.82 Å². The summed E-state index contributed by atoms with van der Waals surface area (Å²) in [7, 11) is 0. The van der Waals surface area contributed by atoms with Crippen molar-refractivity contribution < 1.29 is 9.90 Å². The molecule has 1 fully saturated rings. The maximum Gasteiger partial charge on any atom is 0.309 e. The minimum Gasteiger partial charge on any atom is -0.481 e. The second-order valence-electron chi connectivity index (χ2n) is 7.73. The topological polar surface area (TPSA) is 92.9 Å². The van der Waals surface area contributed by atoms with Gasteiger partial charge in [-0.25, -0.2) is 15.0 Å². The summed E-state index contributed by atoms with van der Waals surface area (Å²) in [5.74, 6) is -0.0687. The lowest BCUT2D eigenvalue weighted by Crippen LogP contribution is -2.45. The zero-order valence-electron chi connectivity index (χ0n) is 14.9. The predicted molar refractivity (Wildman–Crippen MR) is 91.9 cm³/mol. The summed E-state index contributed by atoms with van der Waals surface area (Å²) < 4.78 is 2.00. The molecule has 0 saturated heterocycles. The SMILES string of the molecule is CC(C)n1cnc2c(N[C@H]3CC[C@@](C)(C(=O)O)C3(C)C)ncnc21. The largest absolute Gasteiger partial charge is 0.481 e. The maximum atomic E-state index is 11.8. The van der Waals surface area contributed by atoms with Gasteiger partial charge in [-0.2, -0.15) is 0 Å². The first-order chi connectivity index (χ1) is 11.2. The number of rotatable bonds is 4. The molecule has 1 aliphatic carbocycles. The molecular weight excluding hydrogens is 306 g/mol. The summed E-state index contributed by atoms with van der Waals surface area (Å²) in [6.07, 6.45) is 4.73. The molecular formula is C17H25N5O2. The van der Waals surface area contributed by atoms with Crippen molar-refractivity contribution in [2.75, 3.05) is 5.32 Å². The minimum absolute atomic E-state index is 0.0147. The van der Waals surface area contributed by atoms with Gasteiger partial charge in [0.15, 0.2) is 11.5 Å². The Morgan fingerprint density at radius 1 is 1.33 bits per heavy atom. The van der Waals surface area contributed by atoms with Gasteiger partial charge < -0.3 is 15.0 Å². The van der Waals surface area contributed by atoms with Crippen molar-refractivity contribution in [2.45, 2.75) is 59.5 Å². The Labute approximate surface area is 141 Å². The highest BCUT2D eigenvalue weighted by atomic mass is 16.4. The number of aromatic nitrogens is 4. The third kappa shape index (κ3) is 2.25. The van der Waals surface area contributed by atoms with E-state index < -0.39 is 16.8 Å². The van der Waals surface area contributed by atoms with Crippen LogP contribution in [0.3, 0.4) is 0 Å². The number of carboxylic acid groups (broad SMARTS) is 1. The molecule has 24 heavy (non-hydrogen) atoms. The Balaban J connectivity index is 1.95. The summed E-state index contributed by atoms with van der Waals surface area (Å²) in [6, 6.07) is 0.275. The fourth-order valence-corrected chi connectivity index (χ4v) is 3.64. The van der Waals surface area contributed by atoms with Crippen LogP contribution < -0.4 is 5.32 Å². The van der Waals surface area contributed by atoms with Gasteiger partial charge in [-0.3, -0.25) is 4.79 Å². The molecule has 0 spiro atoms. The molecule has 2 atom stereocenters. The van der Waals surface area contributed by atoms with Crippen LogP contribution in [-0.4, -0.2) is 36.6 Å². The summed E-state index contributed by atoms with van der Waals surface area (Å²) in [6.45, 7) is 10.0. The van der Waals surface area contributed by atoms with Gasteiger partial charge in [0.1, 0.15) is 11.8 Å². The summed E-state index contributed by atoms with van der Waals surface area (Å²) in [5.41, 5.74) is 0.357. The fourth-order valence-electron chi connectivity index (χ4n) is 3.64. The molecule has 0 unspecified atom stereocenters. The van der Waals surface area contributed by atoms with E-state index in [0.717, 1.165) is 17.6 Å². The highest BCUT2D eigenvalue weighted by molar-refractivity contribution is 5.83. The number of nitrogens with zero attached hydrogens (tertiary/aromatic N) is 4. The minimum atomic E-state index is -0.756. The molecule has 1 aliphatic rings. The van der Waals surface area contributed by atoms with E-state index in [4.69, 9.17) is 0 Å². The molecule has 2 aromatic rings. The number of imidazole rings is 1. The van der Waals surface area contributed by atoms with Gasteiger partial charge in [0.2, 0.25) is 0 Å². The molecule has 2 heterocycles. The Morgan fingerprint density at radius 2 is 2.04 bits per heavy atom. The predicted octanol–water partition coefficient (Wildman–Crippen LogP) is 3.10. The van der Waals surface area contributed by atoms with Crippen LogP contribution in [-0.2, 0) is 4.79 Å². The zero-order valence-corrected chi connectivity index (χ0v) is 14.9. The van der Waals surface area contributed by atoms with Crippen molar-refractivity contribution in [2.24, 2.45) is 10.8 Å². The van der Waals surface area contributed by atoms with E-state index in [1.807, 2.05) is 25.3 Å². The molecule has 0 aliphatic heterocycles. The number of hydrogen-bond donors (Lipinski definition) is 2. The smallest absolute Gasteiger partial charge is 0.309 e. The molecule has 0 amide bonds. The number of carbonyl (C=O) groups is 1. The Morgan fingerprint density at radius 3 is 2.62 bits per heavy atom. The first kappa shape index (κ1) is 16.7. The molecule has 3 rings (SSSR count). The highest BCUT2D eigenvalue weighted by Crippen LogP contribution is 2.53. The van der Waals surface area contributed by atoms with Gasteiger partial charge in [-0.15, -0.1) is 0 Å². The van der Waals surface area contributed by atoms with Crippen LogP contribution in [0.15, 0.2) is 12.7 Å². The Hall–Kier alpha value is -2.18. The molecule has 7 heteroatoms. The number of fused-ring (bicyclic) bond motifs is 1. The maximum absolute atomic E-state index is 11.8. The van der Waals surface area contributed by atoms with Crippen molar-refractivity contribution in [3.63, 3.8) is 0 Å². The Kier molecular flexibility index (Phi) is 3.77. The normalized spacial score (nSPS) is 26.2. The third-order valence-corrected chi connectivity index (χ3v) is 5.92. The zero-order chi connectivity index (χ0) is 17.7. The van der Waals surface area contributed by atoms with Crippen LogP contribution in [0.1, 0.15) is 53.5 Å². The highest BCUT2D eigenvalue weighted by Gasteiger charge is 2.56. The first-order valence-electron chi connectivity index (χ1n) is 8.36. The van der Waals surface area contributed by atoms with Gasteiger partial charge in [0, 0.05) is 17.5 Å². The number of aliphatic carboxylic acids is 1. The second-order valence-corrected chi connectivity index (χ2v) is 7.73. The van der Waals surface area contributed by atoms with Crippen molar-refractivity contribution in [3.05, 3.63) is 12.7 Å². The summed E-state index contributed by atoms with van der Waals surface area (Å²) in [5, 5.41) is 13.1. The molecule has 0 bridgehead atoms. The van der Waals surface area contributed by atoms with Gasteiger partial charge in [-0.05, 0) is 33.6 Å². The van der Waals surface area contributed by atoms with Gasteiger partial charge >= 0.3 is 5.97 Å². The lowest BCUT2D eigenvalue weighted by atomic mass is 9.68. The summed E-state index contributed by atoms with van der Waals surface area (Å²) in [4.78, 5) is 24.9. The van der Waals surface area contributed by atoms with E-state index in [0.29, 0.717) is 12.2 Å². The molecule has 1 saturated carbocycles. The van der Waals surface area contributed by atoms with E-state index in [9.17, 15) is 9.90 Å². The van der Waals surface area contributed by atoms with Gasteiger partial charge in [0.05, 0.1) is 11.7 Å². The van der Waals surface area contributed by atoms with Gasteiger partial charge in [-0.1, -0.05) is 13.8 Å². The van der Waals surface area contributed by atoms with Gasteiger partial charge in [0.25, 0.3) is 0 Å². The van der Waals surface area contributed by atoms with Crippen LogP contribution >= 0.6 is 0 Å². The molecule has 2 N–H and O–H groups in total. The van der Waals surface area contributed by atoms with Crippen LogP contribution in [0.25, 0.3) is 11.2 Å². The van der Waals surface area contributed by atoms with Crippen molar-refractivity contribution in [1.29, 1.82) is 0 Å². The average molecular weight is 331 g/mol. The molecule has 130 valence electrons. The van der Waals surface area contributed by atoms with Crippen molar-refractivity contribution in [1.82, 2.24) is 19.5 Å². The lowest BCUT2D eigenvalue weighted by molar-refractivity contribution is -0.153.